The maximum Gasteiger partial charge on any atom is 0.364 e. The van der Waals surface area contributed by atoms with E-state index < -0.39 is 278 Å². The van der Waals surface area contributed by atoms with E-state index in [2.05, 4.69) is 35.1 Å². The number of carboxylic acid groups (broad SMARTS) is 1. The van der Waals surface area contributed by atoms with Gasteiger partial charge >= 0.3 is 5.97 Å². The standard InChI is InChI=1S/C79H140N4O36/c1-6-8-10-12-14-16-18-20-22-24-26-28-30-32-46(93)45(83-54(96)33-31-29-27-25-23-21-19-17-15-13-11-9-7-2)41-108-75-64(103)63(102)68(52(39-88)112-75)115-77-66(105)72(69(53(40-89)113-77)116-73-56(81-43(4)91)61(100)59(98)49(36-85)109-73)117-74-57(82-44(5)92)62(101)67(51(38-87)111-74)114-76-65(104)71(60(99)50(37-86)110-76)119-79(78(106)107)34-47(94)55(80-42(3)90)70(118-79)58(97)48(95)35-84/h30,32,45-53,55-77,84-89,93-95,97-105H,6-29,31,33-41H2,1-5H3,(H,80,90)(H,81,91)(H,82,92)(H,83,96)(H,106,107)/b32-30+/t45-,46+,47?,48+,49?,50?,51?,52?,53?,55+,56?,57?,58+,59-,60-,61+,62+,63+,64?,65?,66?,67+,68+,69-,70?,71-,72+,73-,74-,75+,76-,77-,79-/m0/s1. The van der Waals surface area contributed by atoms with Gasteiger partial charge in [0.25, 0.3) is 5.79 Å². The normalized spacial score (nSPS) is 36.2. The van der Waals surface area contributed by atoms with Crippen LogP contribution < -0.4 is 21.3 Å². The summed E-state index contributed by atoms with van der Waals surface area (Å²) in [6.45, 7) is 0.0735. The van der Waals surface area contributed by atoms with Crippen LogP contribution in [0.25, 0.3) is 0 Å². The molecule has 12 unspecified atom stereocenters. The summed E-state index contributed by atoms with van der Waals surface area (Å²) in [5, 5.41) is 224. The molecule has 0 saturated carbocycles. The molecule has 4 amide bonds. The molecular weight excluding hydrogens is 1580 g/mol. The summed E-state index contributed by atoms with van der Waals surface area (Å²) in [5.74, 6) is -8.41. The molecule has 0 aliphatic carbocycles. The minimum Gasteiger partial charge on any atom is -0.477 e. The van der Waals surface area contributed by atoms with Crippen LogP contribution in [0.5, 0.6) is 0 Å². The topological polar surface area (TPSA) is 629 Å². The molecule has 119 heavy (non-hydrogen) atoms. The van der Waals surface area contributed by atoms with Gasteiger partial charge < -0.3 is 175 Å². The van der Waals surface area contributed by atoms with Crippen LogP contribution in [0.15, 0.2) is 12.2 Å². The van der Waals surface area contributed by atoms with Gasteiger partial charge in [-0.1, -0.05) is 167 Å². The molecule has 0 aromatic heterocycles. The molecule has 0 bridgehead atoms. The monoisotopic (exact) mass is 1720 g/mol. The molecule has 6 saturated heterocycles. The second-order valence-corrected chi connectivity index (χ2v) is 32.1. The number of aliphatic hydroxyl groups excluding tert-OH is 18. The van der Waals surface area contributed by atoms with Gasteiger partial charge in [-0.3, -0.25) is 19.2 Å². The average molecular weight is 1720 g/mol. The van der Waals surface area contributed by atoms with E-state index in [1.165, 1.54) is 89.9 Å². The zero-order valence-electron chi connectivity index (χ0n) is 69.1. The highest BCUT2D eigenvalue weighted by atomic mass is 16.8. The largest absolute Gasteiger partial charge is 0.477 e. The Hall–Kier alpha value is -4.11. The fraction of sp³-hybridized carbons (Fsp3) is 0.911. The number of aliphatic carboxylic acids is 1. The maximum atomic E-state index is 13.6. The number of carbonyl (C=O) groups excluding carboxylic acids is 4. The third-order valence-electron chi connectivity index (χ3n) is 22.6. The highest BCUT2D eigenvalue weighted by Crippen LogP contribution is 2.41. The van der Waals surface area contributed by atoms with Crippen molar-refractivity contribution in [2.24, 2.45) is 0 Å². The third kappa shape index (κ3) is 30.6. The SMILES string of the molecule is CCCCCCCCCCCCC/C=C/[C@@H](O)[C@H](CO[C@@H]1OC(CO)[C@@H](O[C@@H]2OC(CO)[C@H](O[C@@H]3OC(CO)[C@H](O)[C@H](O)C3NC(C)=O)[C@H](O[C@@H]3OC(CO)[C@@H](O[C@@H]4OC(CO)[C@H](O)[C@H](O[C@]5(C(=O)O)CC(O)[C@@H](NC(C)=O)C([C@H](O)[C@H](O)CO)O5)C4O)[C@H](O)C3NC(C)=O)C2O)[C@H](O)C1O)NC(=O)CCCCCCCCCCCCCCC. The maximum absolute atomic E-state index is 13.6. The quantitative estimate of drug-likeness (QED) is 0.0205. The van der Waals surface area contributed by atoms with E-state index in [9.17, 15) is 121 Å². The molecule has 40 heteroatoms. The lowest BCUT2D eigenvalue weighted by atomic mass is 9.88. The fourth-order valence-electron chi connectivity index (χ4n) is 15.9. The number of nitrogens with one attached hydrogen (secondary N) is 4. The van der Waals surface area contributed by atoms with Crippen LogP contribution in [0, 0.1) is 0 Å². The summed E-state index contributed by atoms with van der Waals surface area (Å²) in [6, 6.07) is -6.62. The van der Waals surface area contributed by atoms with Gasteiger partial charge in [0.1, 0.15) is 140 Å². The molecule has 33 atom stereocenters. The van der Waals surface area contributed by atoms with Gasteiger partial charge in [0.05, 0.1) is 70.5 Å². The molecule has 0 aromatic carbocycles. The lowest BCUT2D eigenvalue weighted by molar-refractivity contribution is -0.398. The second kappa shape index (κ2) is 53.4. The number of hydrogen-bond acceptors (Lipinski definition) is 35. The predicted octanol–water partition coefficient (Wildman–Crippen LogP) is -3.85. The van der Waals surface area contributed by atoms with Crippen molar-refractivity contribution < 1.29 is 178 Å². The summed E-state index contributed by atoms with van der Waals surface area (Å²) in [5.41, 5.74) is 0. The van der Waals surface area contributed by atoms with E-state index in [0.717, 1.165) is 78.6 Å². The number of aliphatic hydroxyl groups is 18. The minimum atomic E-state index is -3.26. The molecule has 6 rings (SSSR count). The molecule has 0 spiro atoms. The summed E-state index contributed by atoms with van der Waals surface area (Å²) >= 11 is 0. The van der Waals surface area contributed by atoms with Crippen molar-refractivity contribution in [3.63, 3.8) is 0 Å². The Labute approximate surface area is 694 Å². The Morgan fingerprint density at radius 1 is 0.437 bits per heavy atom. The molecule has 6 aliphatic rings. The van der Waals surface area contributed by atoms with Crippen LogP contribution in [0.3, 0.4) is 0 Å². The van der Waals surface area contributed by atoms with Gasteiger partial charge in [0.2, 0.25) is 23.6 Å². The number of hydrogen-bond donors (Lipinski definition) is 23. The highest BCUT2D eigenvalue weighted by molar-refractivity contribution is 5.77. The van der Waals surface area contributed by atoms with Gasteiger partial charge in [-0.05, 0) is 19.3 Å². The van der Waals surface area contributed by atoms with E-state index in [-0.39, 0.29) is 12.3 Å². The minimum absolute atomic E-state index is 0.130. The van der Waals surface area contributed by atoms with Crippen molar-refractivity contribution in [3.05, 3.63) is 12.2 Å². The smallest absolute Gasteiger partial charge is 0.364 e. The van der Waals surface area contributed by atoms with Crippen molar-refractivity contribution >= 4 is 29.6 Å². The molecule has 692 valence electrons. The van der Waals surface area contributed by atoms with Crippen molar-refractivity contribution in [1.29, 1.82) is 0 Å². The average Bonchev–Trinajstić information content (AvgIpc) is 0.752. The lowest BCUT2D eigenvalue weighted by Crippen LogP contribution is -2.72. The molecule has 0 radical (unpaired) electrons. The first-order valence-corrected chi connectivity index (χ1v) is 42.6. The first-order valence-electron chi connectivity index (χ1n) is 42.6. The summed E-state index contributed by atoms with van der Waals surface area (Å²) in [6.07, 6.45) is -28.2. The molecule has 6 fully saturated rings. The molecule has 23 N–H and O–H groups in total. The number of carbonyl (C=O) groups is 5. The molecule has 6 heterocycles. The van der Waals surface area contributed by atoms with E-state index in [0.29, 0.717) is 12.8 Å². The number of amides is 4. The Bertz CT molecular complexity index is 2920. The predicted molar refractivity (Wildman–Crippen MR) is 413 cm³/mol. The van der Waals surface area contributed by atoms with Crippen LogP contribution in [-0.2, 0) is 80.8 Å². The van der Waals surface area contributed by atoms with Crippen LogP contribution >= 0.6 is 0 Å². The zero-order chi connectivity index (χ0) is 87.6. The Morgan fingerprint density at radius 3 is 1.33 bits per heavy atom. The van der Waals surface area contributed by atoms with Crippen molar-refractivity contribution in [2.75, 3.05) is 46.2 Å². The van der Waals surface area contributed by atoms with Crippen molar-refractivity contribution in [3.8, 4) is 0 Å². The van der Waals surface area contributed by atoms with Crippen molar-refractivity contribution in [1.82, 2.24) is 21.3 Å². The summed E-state index contributed by atoms with van der Waals surface area (Å²) in [7, 11) is 0. The number of unbranched alkanes of at least 4 members (excludes halogenated alkanes) is 23. The number of rotatable bonds is 54. The van der Waals surface area contributed by atoms with Crippen LogP contribution in [0.1, 0.15) is 208 Å². The Morgan fingerprint density at radius 2 is 0.840 bits per heavy atom. The van der Waals surface area contributed by atoms with Gasteiger partial charge in [0, 0.05) is 33.6 Å². The van der Waals surface area contributed by atoms with Crippen molar-refractivity contribution in [2.45, 2.75) is 410 Å². The first-order chi connectivity index (χ1) is 56.9. The lowest BCUT2D eigenvalue weighted by Gasteiger charge is -2.52. The highest BCUT2D eigenvalue weighted by Gasteiger charge is 2.62. The number of carboxylic acids is 1. The van der Waals surface area contributed by atoms with Crippen LogP contribution in [0.4, 0.5) is 0 Å². The van der Waals surface area contributed by atoms with Gasteiger partial charge in [0.15, 0.2) is 31.5 Å². The summed E-state index contributed by atoms with van der Waals surface area (Å²) < 4.78 is 72.4. The fourth-order valence-corrected chi connectivity index (χ4v) is 15.9. The number of ether oxygens (including phenoxy) is 12. The molecule has 6 aliphatic heterocycles. The number of allylic oxidation sites excluding steroid dienone is 1. The zero-order valence-corrected chi connectivity index (χ0v) is 69.1. The van der Waals surface area contributed by atoms with E-state index >= 15 is 0 Å². The molecule has 40 nitrogen and oxygen atoms in total. The van der Waals surface area contributed by atoms with E-state index in [1.54, 1.807) is 6.08 Å². The summed E-state index contributed by atoms with van der Waals surface area (Å²) in [4.78, 5) is 65.1. The van der Waals surface area contributed by atoms with Crippen LogP contribution in [0.2, 0.25) is 0 Å². The molecular formula is C79H140N4O36. The third-order valence-corrected chi connectivity index (χ3v) is 22.6. The van der Waals surface area contributed by atoms with E-state index in [1.807, 2.05) is 6.08 Å². The Balaban J connectivity index is 1.25. The van der Waals surface area contributed by atoms with Gasteiger partial charge in [-0.15, -0.1) is 0 Å². The molecule has 0 aromatic rings. The first kappa shape index (κ1) is 104. The van der Waals surface area contributed by atoms with Crippen LogP contribution in [-0.4, -0.2) is 375 Å². The Kier molecular flexibility index (Phi) is 46.5. The van der Waals surface area contributed by atoms with E-state index in [4.69, 9.17) is 56.8 Å². The second-order valence-electron chi connectivity index (χ2n) is 32.1. The van der Waals surface area contributed by atoms with Gasteiger partial charge in [-0.25, -0.2) is 4.79 Å². The van der Waals surface area contributed by atoms with Gasteiger partial charge in [-0.2, -0.15) is 0 Å².